The number of aromatic amines is 1. The van der Waals surface area contributed by atoms with Gasteiger partial charge in [0.05, 0.1) is 30.8 Å². The number of phenolic OH excluding ortho intramolecular Hbond substituents is 1. The first-order chi connectivity index (χ1) is 22.4. The van der Waals surface area contributed by atoms with Crippen LogP contribution in [0.4, 0.5) is 0 Å². The number of aliphatic hydroxyl groups is 1. The normalized spacial score (nSPS) is 11.7. The summed E-state index contributed by atoms with van der Waals surface area (Å²) in [5.74, 6) is -2.66. The molecular weight excluding hydrogens is 652 g/mol. The summed E-state index contributed by atoms with van der Waals surface area (Å²) < 4.78 is 6.54. The molecule has 0 spiro atoms. The highest BCUT2D eigenvalue weighted by atomic mass is 35.5. The van der Waals surface area contributed by atoms with E-state index in [1.54, 1.807) is 6.07 Å². The molecule has 3 rings (SSSR count). The van der Waals surface area contributed by atoms with E-state index in [-0.39, 0.29) is 16.5 Å². The number of carboxylic acid groups (broad SMARTS) is 2. The van der Waals surface area contributed by atoms with E-state index < -0.39 is 24.5 Å². The van der Waals surface area contributed by atoms with Crippen molar-refractivity contribution < 1.29 is 39.5 Å². The van der Waals surface area contributed by atoms with Gasteiger partial charge in [-0.2, -0.15) is 0 Å². The number of likely N-dealkylation sites (N-methyl/N-ethyl adjacent to an activating group) is 1. The lowest BCUT2D eigenvalue weighted by Crippen LogP contribution is -2.42. The molecule has 13 nitrogen and oxygen atoms in total. The SMILES string of the molecule is CCN(CC)CCN(CCNCCc1ccc(O)c2[nH]c(=O)sc12)C(=O)CCOCCc1cccc(Cl)c1.O=C(O)CC(O)C(=O)O. The molecule has 0 aliphatic heterocycles. The minimum atomic E-state index is -1.79. The number of aliphatic hydroxyl groups excluding tert-OH is 1. The first kappa shape index (κ1) is 39.6. The lowest BCUT2D eigenvalue weighted by Gasteiger charge is -2.27. The number of nitrogens with one attached hydrogen (secondary N) is 2. The Kier molecular flexibility index (Phi) is 18.0. The van der Waals surface area contributed by atoms with Crippen molar-refractivity contribution in [1.29, 1.82) is 0 Å². The van der Waals surface area contributed by atoms with E-state index in [4.69, 9.17) is 31.7 Å². The molecule has 0 saturated heterocycles. The number of ether oxygens (including phenoxy) is 1. The summed E-state index contributed by atoms with van der Waals surface area (Å²) in [4.78, 5) is 50.9. The number of aromatic nitrogens is 1. The van der Waals surface area contributed by atoms with Crippen LogP contribution in [0.5, 0.6) is 5.75 Å². The molecule has 1 amide bonds. The number of fused-ring (bicyclic) bond motifs is 1. The number of carbonyl (C=O) groups is 3. The highest BCUT2D eigenvalue weighted by Crippen LogP contribution is 2.27. The summed E-state index contributed by atoms with van der Waals surface area (Å²) >= 11 is 7.15. The zero-order valence-electron chi connectivity index (χ0n) is 26.7. The van der Waals surface area contributed by atoms with Crippen LogP contribution in [0.1, 0.15) is 37.8 Å². The molecular formula is C32H45ClN4O9S. The number of carboxylic acids is 2. The third kappa shape index (κ3) is 14.8. The van der Waals surface area contributed by atoms with Crippen LogP contribution in [0.15, 0.2) is 41.2 Å². The second-order valence-electron chi connectivity index (χ2n) is 10.6. The highest BCUT2D eigenvalue weighted by molar-refractivity contribution is 7.16. The Balaban J connectivity index is 0.000000745. The Morgan fingerprint density at radius 1 is 1.02 bits per heavy atom. The van der Waals surface area contributed by atoms with E-state index in [1.165, 1.54) is 0 Å². The molecule has 0 radical (unpaired) electrons. The topological polar surface area (TPSA) is 193 Å². The Hall–Kier alpha value is -3.53. The zero-order valence-corrected chi connectivity index (χ0v) is 28.3. The maximum Gasteiger partial charge on any atom is 0.333 e. The first-order valence-electron chi connectivity index (χ1n) is 15.4. The van der Waals surface area contributed by atoms with E-state index >= 15 is 0 Å². The van der Waals surface area contributed by atoms with Crippen LogP contribution in [-0.4, -0.2) is 118 Å². The first-order valence-corrected chi connectivity index (χ1v) is 16.6. The summed E-state index contributed by atoms with van der Waals surface area (Å²) in [6.45, 7) is 10.6. The van der Waals surface area contributed by atoms with Crippen LogP contribution >= 0.6 is 22.9 Å². The lowest BCUT2D eigenvalue weighted by molar-refractivity contribution is -0.152. The van der Waals surface area contributed by atoms with Gasteiger partial charge in [-0.05, 0) is 61.8 Å². The molecule has 3 aromatic rings. The molecule has 1 unspecified atom stereocenters. The monoisotopic (exact) mass is 696 g/mol. The number of carbonyl (C=O) groups excluding carboxylic acids is 1. The van der Waals surface area contributed by atoms with Gasteiger partial charge in [-0.15, -0.1) is 0 Å². The summed E-state index contributed by atoms with van der Waals surface area (Å²) in [7, 11) is 0. The molecule has 0 fully saturated rings. The van der Waals surface area contributed by atoms with Gasteiger partial charge in [0.1, 0.15) is 11.3 Å². The number of thiazole rings is 1. The molecule has 260 valence electrons. The van der Waals surface area contributed by atoms with Crippen molar-refractivity contribution in [1.82, 2.24) is 20.1 Å². The van der Waals surface area contributed by atoms with Crippen LogP contribution in [0.3, 0.4) is 0 Å². The summed E-state index contributed by atoms with van der Waals surface area (Å²) in [6.07, 6.45) is -0.709. The number of hydrogen-bond donors (Lipinski definition) is 6. The Morgan fingerprint density at radius 3 is 2.40 bits per heavy atom. The molecule has 2 aromatic carbocycles. The fourth-order valence-corrected chi connectivity index (χ4v) is 5.66. The number of nitrogens with zero attached hydrogens (tertiary/aromatic N) is 2. The highest BCUT2D eigenvalue weighted by Gasteiger charge is 2.17. The van der Waals surface area contributed by atoms with Gasteiger partial charge in [0.2, 0.25) is 5.91 Å². The minimum absolute atomic E-state index is 0.0888. The van der Waals surface area contributed by atoms with Gasteiger partial charge in [0.25, 0.3) is 0 Å². The summed E-state index contributed by atoms with van der Waals surface area (Å²) in [5, 5.41) is 38.3. The molecule has 0 saturated carbocycles. The molecule has 47 heavy (non-hydrogen) atoms. The quantitative estimate of drug-likeness (QED) is 0.0952. The van der Waals surface area contributed by atoms with E-state index in [0.717, 1.165) is 59.6 Å². The smallest absolute Gasteiger partial charge is 0.333 e. The molecule has 15 heteroatoms. The van der Waals surface area contributed by atoms with Gasteiger partial charge >= 0.3 is 16.8 Å². The van der Waals surface area contributed by atoms with E-state index in [0.29, 0.717) is 56.4 Å². The Morgan fingerprint density at radius 2 is 1.77 bits per heavy atom. The van der Waals surface area contributed by atoms with Gasteiger partial charge in [-0.25, -0.2) is 4.79 Å². The second kappa shape index (κ2) is 21.4. The predicted octanol–water partition coefficient (Wildman–Crippen LogP) is 2.81. The van der Waals surface area contributed by atoms with Crippen molar-refractivity contribution in [3.05, 3.63) is 62.2 Å². The standard InChI is InChI=1S/C28H39ClN4O4S.C4H6O5/c1-3-32(4-2)16-17-33(25(35)12-19-37-18-11-21-6-5-7-23(29)20-21)15-14-30-13-10-22-8-9-24(34)26-27(22)38-28(36)31-26;5-2(4(8)9)1-3(6)7/h5-9,20,30,34H,3-4,10-19H2,1-2H3,(H,31,36);2,5H,1H2,(H,6,7)(H,8,9). The van der Waals surface area contributed by atoms with Crippen molar-refractivity contribution in [2.45, 2.75) is 45.6 Å². The summed E-state index contributed by atoms with van der Waals surface area (Å²) in [6, 6.07) is 11.2. The number of phenols is 1. The molecule has 1 atom stereocenters. The van der Waals surface area contributed by atoms with Gasteiger partial charge < -0.3 is 45.3 Å². The number of hydrogen-bond acceptors (Lipinski definition) is 10. The Bertz CT molecular complexity index is 1480. The number of benzene rings is 2. The Labute approximate surface area is 282 Å². The van der Waals surface area contributed by atoms with Crippen molar-refractivity contribution >= 4 is 51.0 Å². The molecule has 0 aliphatic carbocycles. The number of rotatable bonds is 20. The van der Waals surface area contributed by atoms with Gasteiger partial charge in [0, 0.05) is 31.2 Å². The lowest BCUT2D eigenvalue weighted by atomic mass is 10.1. The largest absolute Gasteiger partial charge is 0.506 e. The van der Waals surface area contributed by atoms with E-state index in [2.05, 4.69) is 29.0 Å². The van der Waals surface area contributed by atoms with Gasteiger partial charge in [-0.1, -0.05) is 55.0 Å². The van der Waals surface area contributed by atoms with E-state index in [9.17, 15) is 24.3 Å². The molecule has 0 bridgehead atoms. The third-order valence-electron chi connectivity index (χ3n) is 7.24. The summed E-state index contributed by atoms with van der Waals surface area (Å²) in [5.41, 5.74) is 2.63. The van der Waals surface area contributed by atoms with Crippen LogP contribution in [0.25, 0.3) is 10.2 Å². The number of H-pyrrole nitrogens is 1. The molecule has 1 aromatic heterocycles. The average molecular weight is 697 g/mol. The number of aliphatic carboxylic acids is 2. The van der Waals surface area contributed by atoms with Crippen LogP contribution in [0.2, 0.25) is 5.02 Å². The van der Waals surface area contributed by atoms with Gasteiger partial charge in [-0.3, -0.25) is 14.4 Å². The van der Waals surface area contributed by atoms with Crippen molar-refractivity contribution in [3.8, 4) is 5.75 Å². The van der Waals surface area contributed by atoms with Crippen molar-refractivity contribution in [2.24, 2.45) is 0 Å². The number of halogens is 1. The maximum absolute atomic E-state index is 13.0. The van der Waals surface area contributed by atoms with Gasteiger partial charge in [0.15, 0.2) is 6.10 Å². The third-order valence-corrected chi connectivity index (χ3v) is 8.43. The fraction of sp³-hybridized carbons (Fsp3) is 0.500. The second-order valence-corrected chi connectivity index (χ2v) is 12.0. The predicted molar refractivity (Wildman–Crippen MR) is 182 cm³/mol. The fourth-order valence-electron chi connectivity index (χ4n) is 4.55. The number of amides is 1. The number of aromatic hydroxyl groups is 1. The van der Waals surface area contributed by atoms with Crippen molar-refractivity contribution in [3.63, 3.8) is 0 Å². The maximum atomic E-state index is 13.0. The molecule has 6 N–H and O–H groups in total. The molecule has 1 heterocycles. The average Bonchev–Trinajstić information content (AvgIpc) is 3.43. The van der Waals surface area contributed by atoms with Crippen molar-refractivity contribution in [2.75, 3.05) is 59.0 Å². The van der Waals surface area contributed by atoms with Crippen LogP contribution < -0.4 is 10.2 Å². The molecule has 0 aliphatic rings. The van der Waals surface area contributed by atoms with E-state index in [1.807, 2.05) is 35.2 Å². The zero-order chi connectivity index (χ0) is 34.8. The van der Waals surface area contributed by atoms with Crippen LogP contribution in [0, 0.1) is 0 Å². The van der Waals surface area contributed by atoms with Crippen LogP contribution in [-0.2, 0) is 32.0 Å². The minimum Gasteiger partial charge on any atom is -0.506 e.